The molecule has 0 aromatic carbocycles. The highest BCUT2D eigenvalue weighted by molar-refractivity contribution is 6.33. The number of aromatic nitrogens is 3. The van der Waals surface area contributed by atoms with E-state index in [1.165, 1.54) is 11.2 Å². The van der Waals surface area contributed by atoms with Crippen molar-refractivity contribution < 1.29 is 18.0 Å². The summed E-state index contributed by atoms with van der Waals surface area (Å²) in [4.78, 5) is 16.9. The molecule has 2 rings (SSSR count). The summed E-state index contributed by atoms with van der Waals surface area (Å²) >= 11 is 5.80. The van der Waals surface area contributed by atoms with Crippen molar-refractivity contribution in [2.75, 3.05) is 19.4 Å². The zero-order valence-electron chi connectivity index (χ0n) is 12.6. The minimum atomic E-state index is -4.60. The van der Waals surface area contributed by atoms with Crippen LogP contribution in [0.2, 0.25) is 5.02 Å². The molecule has 0 atom stereocenters. The number of alkyl halides is 3. The summed E-state index contributed by atoms with van der Waals surface area (Å²) in [5.74, 6) is -0.852. The first-order valence-electron chi connectivity index (χ1n) is 6.42. The van der Waals surface area contributed by atoms with Gasteiger partial charge in [0.15, 0.2) is 5.65 Å². The Labute approximate surface area is 139 Å². The molecule has 2 heterocycles. The van der Waals surface area contributed by atoms with E-state index in [4.69, 9.17) is 11.6 Å². The first kappa shape index (κ1) is 17.7. The fourth-order valence-electron chi connectivity index (χ4n) is 1.63. The number of amides is 1. The second-order valence-electron chi connectivity index (χ2n) is 4.91. The Balaban J connectivity index is 2.35. The maximum atomic E-state index is 12.9. The van der Waals surface area contributed by atoms with Gasteiger partial charge in [0, 0.05) is 20.3 Å². The third kappa shape index (κ3) is 3.82. The van der Waals surface area contributed by atoms with Crippen LogP contribution in [0.15, 0.2) is 29.5 Å². The lowest BCUT2D eigenvalue weighted by molar-refractivity contribution is -0.137. The van der Waals surface area contributed by atoms with Crippen LogP contribution in [-0.2, 0) is 11.0 Å². The Morgan fingerprint density at radius 1 is 1.46 bits per heavy atom. The molecule has 7 nitrogen and oxygen atoms in total. The fourth-order valence-corrected chi connectivity index (χ4v) is 1.87. The average molecular weight is 361 g/mol. The van der Waals surface area contributed by atoms with Gasteiger partial charge < -0.3 is 10.2 Å². The van der Waals surface area contributed by atoms with Crippen LogP contribution >= 0.6 is 11.6 Å². The van der Waals surface area contributed by atoms with Crippen LogP contribution in [0, 0.1) is 0 Å². The Morgan fingerprint density at radius 3 is 2.71 bits per heavy atom. The summed E-state index contributed by atoms with van der Waals surface area (Å²) in [7, 11) is 3.33. The largest absolute Gasteiger partial charge is 0.417 e. The standard InChI is InChI=1S/C13H12ClF3N6O/c1-7(11(24)18-6-22(2)3)19-12-21-20-10-9(14)4-8(5-23(10)12)13(15,16)17/h4-6H,1H2,2-3H3,(H,19,21). The number of nitrogens with one attached hydrogen (secondary N) is 1. The van der Waals surface area contributed by atoms with Crippen LogP contribution in [0.5, 0.6) is 0 Å². The van der Waals surface area contributed by atoms with E-state index in [9.17, 15) is 18.0 Å². The number of hydrogen-bond acceptors (Lipinski definition) is 4. The monoisotopic (exact) mass is 360 g/mol. The number of fused-ring (bicyclic) bond motifs is 1. The molecule has 0 saturated heterocycles. The predicted molar refractivity (Wildman–Crippen MR) is 82.9 cm³/mol. The third-order valence-corrected chi connectivity index (χ3v) is 2.99. The first-order valence-corrected chi connectivity index (χ1v) is 6.79. The Bertz CT molecular complexity index is 827. The van der Waals surface area contributed by atoms with Gasteiger partial charge in [-0.25, -0.2) is 0 Å². The van der Waals surface area contributed by atoms with E-state index in [0.29, 0.717) is 0 Å². The quantitative estimate of drug-likeness (QED) is 0.515. The Hall–Kier alpha value is -2.62. The van der Waals surface area contributed by atoms with Crippen molar-refractivity contribution in [1.29, 1.82) is 0 Å². The molecule has 24 heavy (non-hydrogen) atoms. The molecular formula is C13H12ClF3N6O. The van der Waals surface area contributed by atoms with Crippen molar-refractivity contribution >= 4 is 35.4 Å². The van der Waals surface area contributed by atoms with Crippen molar-refractivity contribution in [3.63, 3.8) is 0 Å². The highest BCUT2D eigenvalue weighted by Crippen LogP contribution is 2.32. The number of halogens is 4. The SMILES string of the molecule is C=C(Nc1nnc2c(Cl)cc(C(F)(F)F)cn12)C(=O)N=CN(C)C. The molecule has 0 unspecified atom stereocenters. The molecule has 2 aromatic rings. The molecule has 128 valence electrons. The number of anilines is 1. The van der Waals surface area contributed by atoms with Gasteiger partial charge in [-0.1, -0.05) is 18.2 Å². The van der Waals surface area contributed by atoms with Gasteiger partial charge in [-0.3, -0.25) is 9.20 Å². The lowest BCUT2D eigenvalue weighted by atomic mass is 10.3. The summed E-state index contributed by atoms with van der Waals surface area (Å²) in [6, 6.07) is 0.747. The Morgan fingerprint density at radius 2 is 2.12 bits per heavy atom. The van der Waals surface area contributed by atoms with Crippen LogP contribution in [0.3, 0.4) is 0 Å². The fraction of sp³-hybridized carbons (Fsp3) is 0.231. The predicted octanol–water partition coefficient (Wildman–Crippen LogP) is 2.44. The number of carbonyl (C=O) groups is 1. The van der Waals surface area contributed by atoms with E-state index in [-0.39, 0.29) is 22.3 Å². The lowest BCUT2D eigenvalue weighted by Gasteiger charge is -2.09. The van der Waals surface area contributed by atoms with Crippen LogP contribution in [-0.4, -0.2) is 45.8 Å². The van der Waals surface area contributed by atoms with Crippen LogP contribution in [0.1, 0.15) is 5.56 Å². The highest BCUT2D eigenvalue weighted by Gasteiger charge is 2.32. The number of aliphatic imine (C=N–C) groups is 1. The highest BCUT2D eigenvalue weighted by atomic mass is 35.5. The molecular weight excluding hydrogens is 349 g/mol. The van der Waals surface area contributed by atoms with E-state index in [1.807, 2.05) is 0 Å². The minimum absolute atomic E-state index is 0.00390. The number of nitrogens with zero attached hydrogens (tertiary/aromatic N) is 5. The zero-order valence-corrected chi connectivity index (χ0v) is 13.4. The van der Waals surface area contributed by atoms with Crippen molar-refractivity contribution in [1.82, 2.24) is 19.5 Å². The van der Waals surface area contributed by atoms with Gasteiger partial charge >= 0.3 is 6.18 Å². The van der Waals surface area contributed by atoms with Crippen molar-refractivity contribution in [2.24, 2.45) is 4.99 Å². The average Bonchev–Trinajstić information content (AvgIpc) is 2.87. The number of carbonyl (C=O) groups excluding carboxylic acids is 1. The minimum Gasteiger partial charge on any atom is -0.369 e. The second kappa shape index (κ2) is 6.48. The van der Waals surface area contributed by atoms with E-state index >= 15 is 0 Å². The molecule has 0 aliphatic rings. The second-order valence-corrected chi connectivity index (χ2v) is 5.32. The van der Waals surface area contributed by atoms with Crippen molar-refractivity contribution in [2.45, 2.75) is 6.18 Å². The molecule has 1 amide bonds. The van der Waals surface area contributed by atoms with Gasteiger partial charge in [0.1, 0.15) is 5.70 Å². The van der Waals surface area contributed by atoms with Gasteiger partial charge in [-0.2, -0.15) is 18.2 Å². The third-order valence-electron chi connectivity index (χ3n) is 2.71. The summed E-state index contributed by atoms with van der Waals surface area (Å²) < 4.78 is 39.6. The summed E-state index contributed by atoms with van der Waals surface area (Å²) in [5.41, 5.74) is -1.16. The molecule has 0 spiro atoms. The molecule has 0 bridgehead atoms. The van der Waals surface area contributed by atoms with Gasteiger partial charge in [0.2, 0.25) is 5.95 Å². The molecule has 11 heteroatoms. The summed E-state index contributed by atoms with van der Waals surface area (Å²) in [5, 5.41) is 9.60. The van der Waals surface area contributed by atoms with Gasteiger partial charge in [0.05, 0.1) is 16.9 Å². The smallest absolute Gasteiger partial charge is 0.369 e. The molecule has 0 radical (unpaired) electrons. The first-order chi connectivity index (χ1) is 11.1. The normalized spacial score (nSPS) is 11.9. The van der Waals surface area contributed by atoms with E-state index < -0.39 is 17.6 Å². The number of pyridine rings is 1. The van der Waals surface area contributed by atoms with Gasteiger partial charge in [-0.05, 0) is 6.07 Å². The molecule has 1 N–H and O–H groups in total. The maximum Gasteiger partial charge on any atom is 0.417 e. The molecule has 2 aromatic heterocycles. The molecule has 0 saturated carbocycles. The molecule has 0 fully saturated rings. The lowest BCUT2D eigenvalue weighted by Crippen LogP contribution is -2.14. The van der Waals surface area contributed by atoms with Gasteiger partial charge in [-0.15, -0.1) is 10.2 Å². The van der Waals surface area contributed by atoms with E-state index in [0.717, 1.165) is 16.7 Å². The van der Waals surface area contributed by atoms with Gasteiger partial charge in [0.25, 0.3) is 5.91 Å². The summed E-state index contributed by atoms with van der Waals surface area (Å²) in [6.07, 6.45) is -2.57. The van der Waals surface area contributed by atoms with Crippen LogP contribution in [0.25, 0.3) is 5.65 Å². The molecule has 0 aliphatic heterocycles. The van der Waals surface area contributed by atoms with Crippen LogP contribution in [0.4, 0.5) is 19.1 Å². The topological polar surface area (TPSA) is 74.9 Å². The zero-order chi connectivity index (χ0) is 18.1. The van der Waals surface area contributed by atoms with Crippen LogP contribution < -0.4 is 5.32 Å². The van der Waals surface area contributed by atoms with E-state index in [2.05, 4.69) is 27.1 Å². The van der Waals surface area contributed by atoms with Crippen molar-refractivity contribution in [3.05, 3.63) is 35.1 Å². The number of hydrogen-bond donors (Lipinski definition) is 1. The number of rotatable bonds is 4. The maximum absolute atomic E-state index is 12.9. The Kier molecular flexibility index (Phi) is 4.78. The summed E-state index contributed by atoms with van der Waals surface area (Å²) in [6.45, 7) is 3.48. The van der Waals surface area contributed by atoms with E-state index in [1.54, 1.807) is 14.1 Å². The molecule has 0 aliphatic carbocycles. The van der Waals surface area contributed by atoms with Crippen molar-refractivity contribution in [3.8, 4) is 0 Å².